The molecule has 0 radical (unpaired) electrons. The summed E-state index contributed by atoms with van der Waals surface area (Å²) in [6.45, 7) is 3.93. The summed E-state index contributed by atoms with van der Waals surface area (Å²) in [4.78, 5) is 19.3. The Morgan fingerprint density at radius 3 is 2.36 bits per heavy atom. The van der Waals surface area contributed by atoms with Crippen LogP contribution in [-0.2, 0) is 13.0 Å². The molecule has 8 heteroatoms. The number of anilines is 1. The Morgan fingerprint density at radius 2 is 1.84 bits per heavy atom. The maximum absolute atomic E-state index is 11.5. The summed E-state index contributed by atoms with van der Waals surface area (Å²) < 4.78 is 1.93. The molecule has 0 bridgehead atoms. The zero-order valence-electron chi connectivity index (χ0n) is 15.1. The lowest BCUT2D eigenvalue weighted by molar-refractivity contribution is -0.388. The second-order valence-electron chi connectivity index (χ2n) is 6.22. The number of aryl methyl sites for hydroxylation is 1. The van der Waals surface area contributed by atoms with E-state index in [1.54, 1.807) is 0 Å². The van der Waals surface area contributed by atoms with Gasteiger partial charge in [0.25, 0.3) is 0 Å². The van der Waals surface area contributed by atoms with Gasteiger partial charge in [0, 0.05) is 31.6 Å². The van der Waals surface area contributed by atoms with Gasteiger partial charge in [0.05, 0.1) is 6.54 Å². The van der Waals surface area contributed by atoms with Gasteiger partial charge < -0.3 is 19.9 Å². The number of hydrogen-bond donors (Lipinski definition) is 0. The van der Waals surface area contributed by atoms with Crippen LogP contribution in [0.1, 0.15) is 18.3 Å². The van der Waals surface area contributed by atoms with Crippen LogP contribution in [0.2, 0.25) is 5.02 Å². The predicted molar refractivity (Wildman–Crippen MR) is 101 cm³/mol. The van der Waals surface area contributed by atoms with Crippen LogP contribution in [0.15, 0.2) is 24.3 Å². The standard InChI is InChI=1S/C17H24ClN5O2/c1-5-15-19-16(23(24)25)17(21(4)11-10-20(2)3)22(15)12-13-6-8-14(18)9-7-13/h6-9H,5,10-12H2,1-4H3. The van der Waals surface area contributed by atoms with Crippen molar-refractivity contribution in [2.75, 3.05) is 39.1 Å². The van der Waals surface area contributed by atoms with Crippen molar-refractivity contribution in [3.63, 3.8) is 0 Å². The average molecular weight is 366 g/mol. The summed E-state index contributed by atoms with van der Waals surface area (Å²) in [7, 11) is 5.82. The molecule has 0 N–H and O–H groups in total. The van der Waals surface area contributed by atoms with Gasteiger partial charge >= 0.3 is 5.82 Å². The molecule has 0 unspecified atom stereocenters. The Labute approximate surface area is 153 Å². The van der Waals surface area contributed by atoms with Gasteiger partial charge in [0.2, 0.25) is 11.6 Å². The van der Waals surface area contributed by atoms with Gasteiger partial charge in [-0.15, -0.1) is 0 Å². The second-order valence-corrected chi connectivity index (χ2v) is 6.66. The number of aromatic nitrogens is 2. The minimum atomic E-state index is -0.404. The van der Waals surface area contributed by atoms with Gasteiger partial charge in [-0.05, 0) is 41.7 Å². The molecule has 136 valence electrons. The molecule has 2 rings (SSSR count). The number of nitro groups is 1. The van der Waals surface area contributed by atoms with E-state index in [9.17, 15) is 10.1 Å². The van der Waals surface area contributed by atoms with Crippen molar-refractivity contribution >= 4 is 23.2 Å². The van der Waals surface area contributed by atoms with E-state index in [2.05, 4.69) is 4.98 Å². The Balaban J connectivity index is 2.44. The lowest BCUT2D eigenvalue weighted by atomic mass is 10.2. The van der Waals surface area contributed by atoms with Crippen molar-refractivity contribution in [3.05, 3.63) is 50.8 Å². The molecule has 1 heterocycles. The highest BCUT2D eigenvalue weighted by Gasteiger charge is 2.29. The minimum Gasteiger partial charge on any atom is -0.358 e. The van der Waals surface area contributed by atoms with Crippen LogP contribution in [0.25, 0.3) is 0 Å². The second kappa shape index (κ2) is 8.31. The monoisotopic (exact) mass is 365 g/mol. The third-order valence-electron chi connectivity index (χ3n) is 3.99. The number of benzene rings is 1. The van der Waals surface area contributed by atoms with Crippen LogP contribution in [0.5, 0.6) is 0 Å². The summed E-state index contributed by atoms with van der Waals surface area (Å²) in [5.41, 5.74) is 1.02. The quantitative estimate of drug-likeness (QED) is 0.531. The zero-order chi connectivity index (χ0) is 18.6. The smallest absolute Gasteiger partial charge is 0.358 e. The first-order valence-electron chi connectivity index (χ1n) is 8.17. The van der Waals surface area contributed by atoms with Gasteiger partial charge in [0.15, 0.2) is 0 Å². The Hall–Kier alpha value is -2.12. The van der Waals surface area contributed by atoms with Crippen molar-refractivity contribution in [1.82, 2.24) is 14.5 Å². The highest BCUT2D eigenvalue weighted by molar-refractivity contribution is 6.30. The van der Waals surface area contributed by atoms with Crippen molar-refractivity contribution in [1.29, 1.82) is 0 Å². The third kappa shape index (κ3) is 4.70. The topological polar surface area (TPSA) is 67.4 Å². The highest BCUT2D eigenvalue weighted by Crippen LogP contribution is 2.30. The first-order chi connectivity index (χ1) is 11.8. The van der Waals surface area contributed by atoms with E-state index in [1.807, 2.05) is 66.7 Å². The van der Waals surface area contributed by atoms with E-state index in [0.29, 0.717) is 36.2 Å². The van der Waals surface area contributed by atoms with Crippen LogP contribution < -0.4 is 4.90 Å². The molecule has 0 aliphatic carbocycles. The van der Waals surface area contributed by atoms with Crippen molar-refractivity contribution in [3.8, 4) is 0 Å². The van der Waals surface area contributed by atoms with Crippen LogP contribution in [0, 0.1) is 10.1 Å². The van der Waals surface area contributed by atoms with Gasteiger partial charge in [-0.25, -0.2) is 0 Å². The van der Waals surface area contributed by atoms with E-state index < -0.39 is 4.92 Å². The third-order valence-corrected chi connectivity index (χ3v) is 4.24. The highest BCUT2D eigenvalue weighted by atomic mass is 35.5. The molecule has 0 aliphatic heterocycles. The minimum absolute atomic E-state index is 0.0907. The molecule has 0 atom stereocenters. The Kier molecular flexibility index (Phi) is 6.39. The molecule has 0 saturated heterocycles. The molecule has 7 nitrogen and oxygen atoms in total. The van der Waals surface area contributed by atoms with Gasteiger partial charge in [-0.3, -0.25) is 4.57 Å². The maximum atomic E-state index is 11.5. The normalized spacial score (nSPS) is 11.1. The average Bonchev–Trinajstić information content (AvgIpc) is 2.93. The van der Waals surface area contributed by atoms with E-state index in [-0.39, 0.29) is 5.82 Å². The number of halogens is 1. The first-order valence-corrected chi connectivity index (χ1v) is 8.55. The molecule has 0 fully saturated rings. The fourth-order valence-electron chi connectivity index (χ4n) is 2.64. The molecule has 2 aromatic rings. The summed E-state index contributed by atoms with van der Waals surface area (Å²) in [5.74, 6) is 1.15. The van der Waals surface area contributed by atoms with Gasteiger partial charge in [0.1, 0.15) is 0 Å². The molecular weight excluding hydrogens is 342 g/mol. The summed E-state index contributed by atoms with van der Waals surface area (Å²) >= 11 is 5.95. The fraction of sp³-hybridized carbons (Fsp3) is 0.471. The lowest BCUT2D eigenvalue weighted by Crippen LogP contribution is -2.30. The molecule has 0 aliphatic rings. The van der Waals surface area contributed by atoms with Crippen LogP contribution in [-0.4, -0.2) is 53.6 Å². The SMILES string of the molecule is CCc1nc([N+](=O)[O-])c(N(C)CCN(C)C)n1Cc1ccc(Cl)cc1. The van der Waals surface area contributed by atoms with Crippen LogP contribution in [0.3, 0.4) is 0 Å². The fourth-order valence-corrected chi connectivity index (χ4v) is 2.77. The Morgan fingerprint density at radius 1 is 1.20 bits per heavy atom. The molecule has 1 aromatic carbocycles. The van der Waals surface area contributed by atoms with Crippen LogP contribution >= 0.6 is 11.6 Å². The molecule has 25 heavy (non-hydrogen) atoms. The van der Waals surface area contributed by atoms with Gasteiger partial charge in [-0.1, -0.05) is 30.7 Å². The molecular formula is C17H24ClN5O2. The first kappa shape index (κ1) is 19.2. The lowest BCUT2D eigenvalue weighted by Gasteiger charge is -2.22. The van der Waals surface area contributed by atoms with E-state index >= 15 is 0 Å². The number of imidazole rings is 1. The van der Waals surface area contributed by atoms with Crippen LogP contribution in [0.4, 0.5) is 11.6 Å². The molecule has 0 spiro atoms. The molecule has 0 saturated carbocycles. The zero-order valence-corrected chi connectivity index (χ0v) is 15.8. The predicted octanol–water partition coefficient (Wildman–Crippen LogP) is 3.05. The van der Waals surface area contributed by atoms with Crippen molar-refractivity contribution < 1.29 is 4.92 Å². The summed E-state index contributed by atoms with van der Waals surface area (Å²) in [5, 5.41) is 12.2. The van der Waals surface area contributed by atoms with E-state index in [1.165, 1.54) is 0 Å². The molecule has 1 aromatic heterocycles. The summed E-state index contributed by atoms with van der Waals surface area (Å²) in [6.07, 6.45) is 0.621. The molecule has 0 amide bonds. The van der Waals surface area contributed by atoms with Crippen molar-refractivity contribution in [2.24, 2.45) is 0 Å². The number of hydrogen-bond acceptors (Lipinski definition) is 5. The largest absolute Gasteiger partial charge is 0.406 e. The van der Waals surface area contributed by atoms with E-state index in [0.717, 1.165) is 12.1 Å². The van der Waals surface area contributed by atoms with Gasteiger partial charge in [-0.2, -0.15) is 0 Å². The summed E-state index contributed by atoms with van der Waals surface area (Å²) in [6, 6.07) is 7.50. The van der Waals surface area contributed by atoms with E-state index in [4.69, 9.17) is 11.6 Å². The Bertz CT molecular complexity index is 727. The van der Waals surface area contributed by atoms with Crippen molar-refractivity contribution in [2.45, 2.75) is 19.9 Å². The number of likely N-dealkylation sites (N-methyl/N-ethyl adjacent to an activating group) is 2. The number of rotatable bonds is 8. The maximum Gasteiger partial charge on any atom is 0.406 e. The number of nitrogens with zero attached hydrogens (tertiary/aromatic N) is 5.